The highest BCUT2D eigenvalue weighted by molar-refractivity contribution is 7.99. The summed E-state index contributed by atoms with van der Waals surface area (Å²) in [5, 5.41) is 0.992. The molecule has 9 heteroatoms. The molecule has 0 aliphatic heterocycles. The fraction of sp³-hybridized carbons (Fsp3) is 0.389. The first-order valence-corrected chi connectivity index (χ1v) is 16.4. The molecule has 0 bridgehead atoms. The van der Waals surface area contributed by atoms with Gasteiger partial charge in [-0.05, 0) is 91.9 Å². The SMILES string of the molecule is CCCn1c(SCCCCC(=O)N(C)CCc2ccc(OC)c(OC)c2)nc(-c2ccc(OC)cc2)c1-c1ccc(OC)cc1. The predicted octanol–water partition coefficient (Wildman–Crippen LogP) is 7.63. The maximum Gasteiger partial charge on any atom is 0.222 e. The predicted molar refractivity (Wildman–Crippen MR) is 182 cm³/mol. The fourth-order valence-electron chi connectivity index (χ4n) is 5.16. The van der Waals surface area contributed by atoms with E-state index in [1.54, 1.807) is 40.2 Å². The number of thioether (sulfide) groups is 1. The van der Waals surface area contributed by atoms with E-state index in [9.17, 15) is 4.79 Å². The van der Waals surface area contributed by atoms with Crippen LogP contribution in [0.1, 0.15) is 38.2 Å². The van der Waals surface area contributed by atoms with E-state index in [0.29, 0.717) is 24.5 Å². The summed E-state index contributed by atoms with van der Waals surface area (Å²) in [5.41, 5.74) is 5.29. The topological polar surface area (TPSA) is 75.1 Å². The van der Waals surface area contributed by atoms with Crippen molar-refractivity contribution in [3.63, 3.8) is 0 Å². The van der Waals surface area contributed by atoms with Crippen molar-refractivity contribution < 1.29 is 23.7 Å². The van der Waals surface area contributed by atoms with Gasteiger partial charge in [0.15, 0.2) is 16.7 Å². The number of hydrogen-bond acceptors (Lipinski definition) is 7. The number of amides is 1. The lowest BCUT2D eigenvalue weighted by atomic mass is 10.0. The largest absolute Gasteiger partial charge is 0.497 e. The summed E-state index contributed by atoms with van der Waals surface area (Å²) in [5.74, 6) is 4.09. The number of benzene rings is 3. The molecule has 4 aromatic rings. The number of hydrogen-bond donors (Lipinski definition) is 0. The van der Waals surface area contributed by atoms with E-state index in [4.69, 9.17) is 23.9 Å². The van der Waals surface area contributed by atoms with Gasteiger partial charge in [0.2, 0.25) is 5.91 Å². The first-order valence-electron chi connectivity index (χ1n) is 15.4. The van der Waals surface area contributed by atoms with E-state index in [0.717, 1.165) is 82.7 Å². The minimum absolute atomic E-state index is 0.163. The average Bonchev–Trinajstić information content (AvgIpc) is 3.44. The molecule has 0 saturated heterocycles. The quantitative estimate of drug-likeness (QED) is 0.0877. The Labute approximate surface area is 271 Å². The highest BCUT2D eigenvalue weighted by atomic mass is 32.2. The van der Waals surface area contributed by atoms with Crippen molar-refractivity contribution in [3.05, 3.63) is 72.3 Å². The van der Waals surface area contributed by atoms with Crippen LogP contribution < -0.4 is 18.9 Å². The van der Waals surface area contributed by atoms with Crippen molar-refractivity contribution in [1.29, 1.82) is 0 Å². The molecule has 0 unspecified atom stereocenters. The smallest absolute Gasteiger partial charge is 0.222 e. The number of methoxy groups -OCH3 is 4. The van der Waals surface area contributed by atoms with E-state index < -0.39 is 0 Å². The molecule has 0 radical (unpaired) electrons. The molecule has 0 aliphatic rings. The maximum atomic E-state index is 12.9. The number of aromatic nitrogens is 2. The van der Waals surface area contributed by atoms with E-state index in [2.05, 4.69) is 35.8 Å². The van der Waals surface area contributed by atoms with Crippen LogP contribution >= 0.6 is 11.8 Å². The van der Waals surface area contributed by atoms with Crippen LogP contribution in [0.15, 0.2) is 71.9 Å². The molecule has 4 rings (SSSR count). The monoisotopic (exact) mass is 631 g/mol. The summed E-state index contributed by atoms with van der Waals surface area (Å²) in [6.45, 7) is 3.70. The van der Waals surface area contributed by atoms with Crippen LogP contribution in [0.2, 0.25) is 0 Å². The molecular formula is C36H45N3O5S. The number of likely N-dealkylation sites (N-methyl/N-ethyl adjacent to an activating group) is 1. The van der Waals surface area contributed by atoms with Crippen LogP contribution in [0, 0.1) is 0 Å². The lowest BCUT2D eigenvalue weighted by Gasteiger charge is -2.18. The Morgan fingerprint density at radius 1 is 0.822 bits per heavy atom. The highest BCUT2D eigenvalue weighted by Gasteiger charge is 2.20. The minimum Gasteiger partial charge on any atom is -0.497 e. The summed E-state index contributed by atoms with van der Waals surface area (Å²) in [4.78, 5) is 19.8. The molecule has 0 fully saturated rings. The number of carbonyl (C=O) groups excluding carboxylic acids is 1. The zero-order valence-corrected chi connectivity index (χ0v) is 28.1. The Hall–Kier alpha value is -4.11. The summed E-state index contributed by atoms with van der Waals surface area (Å²) in [6.07, 6.45) is 4.03. The van der Waals surface area contributed by atoms with Crippen LogP contribution in [0.3, 0.4) is 0 Å². The first kappa shape index (κ1) is 33.8. The number of rotatable bonds is 17. The fourth-order valence-corrected chi connectivity index (χ4v) is 6.18. The molecule has 0 N–H and O–H groups in total. The van der Waals surface area contributed by atoms with Gasteiger partial charge in [0.05, 0.1) is 39.8 Å². The van der Waals surface area contributed by atoms with Gasteiger partial charge in [0.1, 0.15) is 11.5 Å². The zero-order chi connectivity index (χ0) is 32.2. The molecule has 0 spiro atoms. The number of nitrogens with zero attached hydrogens (tertiary/aromatic N) is 3. The van der Waals surface area contributed by atoms with E-state index in [1.165, 1.54) is 0 Å². The van der Waals surface area contributed by atoms with Crippen LogP contribution in [0.4, 0.5) is 0 Å². The Morgan fingerprint density at radius 3 is 2.07 bits per heavy atom. The van der Waals surface area contributed by atoms with Gasteiger partial charge in [-0.2, -0.15) is 0 Å². The van der Waals surface area contributed by atoms with Gasteiger partial charge in [-0.1, -0.05) is 24.8 Å². The Balaban J connectivity index is 1.39. The Morgan fingerprint density at radius 2 is 1.47 bits per heavy atom. The normalized spacial score (nSPS) is 10.9. The molecule has 45 heavy (non-hydrogen) atoms. The van der Waals surface area contributed by atoms with E-state index in [1.807, 2.05) is 54.4 Å². The molecule has 240 valence electrons. The van der Waals surface area contributed by atoms with Gasteiger partial charge in [-0.3, -0.25) is 4.79 Å². The van der Waals surface area contributed by atoms with Gasteiger partial charge in [0.25, 0.3) is 0 Å². The summed E-state index contributed by atoms with van der Waals surface area (Å²) in [6, 6.07) is 22.1. The minimum atomic E-state index is 0.163. The second kappa shape index (κ2) is 16.8. The van der Waals surface area contributed by atoms with E-state index in [-0.39, 0.29) is 5.91 Å². The Bertz CT molecular complexity index is 1520. The van der Waals surface area contributed by atoms with Crippen molar-refractivity contribution in [2.45, 2.75) is 50.7 Å². The standard InChI is InChI=1S/C36H45N3O5S/c1-7-22-39-35(28-14-18-30(42-4)19-15-28)34(27-12-16-29(41-3)17-13-27)37-36(39)45-24-9-8-10-33(40)38(2)23-21-26-11-20-31(43-5)32(25-26)44-6/h11-20,25H,7-10,21-24H2,1-6H3. The van der Waals surface area contributed by atoms with Gasteiger partial charge in [-0.25, -0.2) is 4.98 Å². The van der Waals surface area contributed by atoms with E-state index >= 15 is 0 Å². The number of imidazole rings is 1. The van der Waals surface area contributed by atoms with Gasteiger partial charge in [-0.15, -0.1) is 0 Å². The molecule has 1 aromatic heterocycles. The molecule has 3 aromatic carbocycles. The van der Waals surface area contributed by atoms with Crippen molar-refractivity contribution in [2.75, 3.05) is 47.8 Å². The van der Waals surface area contributed by atoms with Gasteiger partial charge < -0.3 is 28.4 Å². The molecule has 8 nitrogen and oxygen atoms in total. The molecule has 0 saturated carbocycles. The number of ether oxygens (including phenoxy) is 4. The first-order chi connectivity index (χ1) is 21.9. The zero-order valence-electron chi connectivity index (χ0n) is 27.3. The van der Waals surface area contributed by atoms with Crippen LogP contribution in [-0.2, 0) is 17.8 Å². The number of unbranched alkanes of at least 4 members (excludes halogenated alkanes) is 1. The maximum absolute atomic E-state index is 12.9. The van der Waals surface area contributed by atoms with Crippen LogP contribution in [0.25, 0.3) is 22.5 Å². The highest BCUT2D eigenvalue weighted by Crippen LogP contribution is 2.37. The lowest BCUT2D eigenvalue weighted by molar-refractivity contribution is -0.129. The van der Waals surface area contributed by atoms with Crippen molar-refractivity contribution in [3.8, 4) is 45.5 Å². The molecule has 1 heterocycles. The summed E-state index contributed by atoms with van der Waals surface area (Å²) >= 11 is 1.76. The second-order valence-corrected chi connectivity index (χ2v) is 11.8. The molecule has 0 atom stereocenters. The van der Waals surface area contributed by atoms with Crippen LogP contribution in [-0.4, -0.2) is 68.1 Å². The molecular weight excluding hydrogens is 586 g/mol. The molecule has 0 aliphatic carbocycles. The summed E-state index contributed by atoms with van der Waals surface area (Å²) in [7, 11) is 8.49. The lowest BCUT2D eigenvalue weighted by Crippen LogP contribution is -2.28. The van der Waals surface area contributed by atoms with Crippen molar-refractivity contribution >= 4 is 17.7 Å². The third-order valence-electron chi connectivity index (χ3n) is 7.73. The Kier molecular flexibility index (Phi) is 12.6. The second-order valence-electron chi connectivity index (χ2n) is 10.8. The average molecular weight is 632 g/mol. The van der Waals surface area contributed by atoms with Crippen molar-refractivity contribution in [2.24, 2.45) is 0 Å². The molecule has 1 amide bonds. The third-order valence-corrected chi connectivity index (χ3v) is 8.80. The third kappa shape index (κ3) is 8.75. The van der Waals surface area contributed by atoms with Gasteiger partial charge in [0, 0.05) is 43.4 Å². The van der Waals surface area contributed by atoms with Crippen molar-refractivity contribution in [1.82, 2.24) is 14.5 Å². The van der Waals surface area contributed by atoms with Gasteiger partial charge >= 0.3 is 0 Å². The number of carbonyl (C=O) groups is 1. The summed E-state index contributed by atoms with van der Waals surface area (Å²) < 4.78 is 23.9. The van der Waals surface area contributed by atoms with Crippen LogP contribution in [0.5, 0.6) is 23.0 Å².